The molecular formula is C20H20O6. The molecule has 0 radical (unpaired) electrons. The predicted molar refractivity (Wildman–Crippen MR) is 96.9 cm³/mol. The van der Waals surface area contributed by atoms with Gasteiger partial charge in [-0.25, -0.2) is 4.79 Å². The van der Waals surface area contributed by atoms with E-state index in [2.05, 4.69) is 0 Å². The number of para-hydroxylation sites is 1. The molecular weight excluding hydrogens is 336 g/mol. The van der Waals surface area contributed by atoms with Gasteiger partial charge in [0.25, 0.3) is 0 Å². The molecule has 136 valence electrons. The number of carbonyl (C=O) groups is 2. The SMILES string of the molecule is COc1ccc(C(=O)COC(=O)/C=C/c2ccccc2OC)c(OC)c1. The Balaban J connectivity index is 1.99. The Hall–Kier alpha value is -3.28. The first-order chi connectivity index (χ1) is 12.6. The van der Waals surface area contributed by atoms with E-state index in [0.29, 0.717) is 22.8 Å². The van der Waals surface area contributed by atoms with Crippen LogP contribution in [0.25, 0.3) is 6.08 Å². The Kier molecular flexibility index (Phi) is 6.79. The monoisotopic (exact) mass is 356 g/mol. The van der Waals surface area contributed by atoms with E-state index in [0.717, 1.165) is 5.56 Å². The molecule has 0 atom stereocenters. The van der Waals surface area contributed by atoms with E-state index < -0.39 is 12.6 Å². The highest BCUT2D eigenvalue weighted by Gasteiger charge is 2.15. The van der Waals surface area contributed by atoms with E-state index in [1.54, 1.807) is 43.5 Å². The largest absolute Gasteiger partial charge is 0.497 e. The minimum atomic E-state index is -0.628. The van der Waals surface area contributed by atoms with E-state index in [9.17, 15) is 9.59 Å². The van der Waals surface area contributed by atoms with Gasteiger partial charge in [0.05, 0.1) is 26.9 Å². The molecule has 0 bridgehead atoms. The predicted octanol–water partition coefficient (Wildman–Crippen LogP) is 3.15. The summed E-state index contributed by atoms with van der Waals surface area (Å²) in [6, 6.07) is 12.0. The van der Waals surface area contributed by atoms with Crippen LogP contribution in [0.2, 0.25) is 0 Å². The van der Waals surface area contributed by atoms with E-state index in [1.165, 1.54) is 20.3 Å². The van der Waals surface area contributed by atoms with Crippen molar-refractivity contribution in [3.8, 4) is 17.2 Å². The Morgan fingerprint density at radius 3 is 2.35 bits per heavy atom. The zero-order valence-electron chi connectivity index (χ0n) is 14.9. The van der Waals surface area contributed by atoms with Crippen LogP contribution in [0.5, 0.6) is 17.2 Å². The zero-order chi connectivity index (χ0) is 18.9. The van der Waals surface area contributed by atoms with Gasteiger partial charge < -0.3 is 18.9 Å². The second-order valence-electron chi connectivity index (χ2n) is 5.17. The van der Waals surface area contributed by atoms with Crippen LogP contribution in [-0.2, 0) is 9.53 Å². The summed E-state index contributed by atoms with van der Waals surface area (Å²) >= 11 is 0. The van der Waals surface area contributed by atoms with Crippen LogP contribution in [0, 0.1) is 0 Å². The Morgan fingerprint density at radius 1 is 0.923 bits per heavy atom. The van der Waals surface area contributed by atoms with Gasteiger partial charge >= 0.3 is 5.97 Å². The molecule has 6 heteroatoms. The standard InChI is InChI=1S/C20H20O6/c1-23-15-9-10-16(19(12-15)25-3)17(21)13-26-20(22)11-8-14-6-4-5-7-18(14)24-2/h4-12H,13H2,1-3H3/b11-8+. The number of ketones is 1. The van der Waals surface area contributed by atoms with Crippen LogP contribution in [0.15, 0.2) is 48.5 Å². The van der Waals surface area contributed by atoms with Crippen LogP contribution in [0.4, 0.5) is 0 Å². The molecule has 0 heterocycles. The van der Waals surface area contributed by atoms with Gasteiger partial charge in [0.2, 0.25) is 5.78 Å². The summed E-state index contributed by atoms with van der Waals surface area (Å²) in [6.45, 7) is -0.391. The smallest absolute Gasteiger partial charge is 0.331 e. The molecule has 6 nitrogen and oxygen atoms in total. The number of hydrogen-bond acceptors (Lipinski definition) is 6. The van der Waals surface area contributed by atoms with Crippen LogP contribution < -0.4 is 14.2 Å². The number of ether oxygens (including phenoxy) is 4. The van der Waals surface area contributed by atoms with E-state index in [-0.39, 0.29) is 5.78 Å². The maximum Gasteiger partial charge on any atom is 0.331 e. The van der Waals surface area contributed by atoms with Gasteiger partial charge in [0.1, 0.15) is 17.2 Å². The van der Waals surface area contributed by atoms with Crippen molar-refractivity contribution in [2.24, 2.45) is 0 Å². The van der Waals surface area contributed by atoms with E-state index >= 15 is 0 Å². The van der Waals surface area contributed by atoms with E-state index in [4.69, 9.17) is 18.9 Å². The van der Waals surface area contributed by atoms with Crippen molar-refractivity contribution >= 4 is 17.8 Å². The molecule has 0 saturated carbocycles. The number of carbonyl (C=O) groups excluding carboxylic acids is 2. The highest BCUT2D eigenvalue weighted by Crippen LogP contribution is 2.25. The fourth-order valence-electron chi connectivity index (χ4n) is 2.25. The molecule has 0 aliphatic rings. The lowest BCUT2D eigenvalue weighted by Gasteiger charge is -2.09. The lowest BCUT2D eigenvalue weighted by Crippen LogP contribution is -2.13. The highest BCUT2D eigenvalue weighted by atomic mass is 16.5. The van der Waals surface area contributed by atoms with Crippen molar-refractivity contribution < 1.29 is 28.5 Å². The molecule has 0 spiro atoms. The maximum absolute atomic E-state index is 12.3. The quantitative estimate of drug-likeness (QED) is 0.411. The molecule has 0 saturated heterocycles. The van der Waals surface area contributed by atoms with Crippen molar-refractivity contribution in [3.05, 3.63) is 59.7 Å². The van der Waals surface area contributed by atoms with Gasteiger partial charge in [-0.15, -0.1) is 0 Å². The third kappa shape index (κ3) is 4.86. The highest BCUT2D eigenvalue weighted by molar-refractivity contribution is 6.01. The summed E-state index contributed by atoms with van der Waals surface area (Å²) in [5.74, 6) is 0.556. The molecule has 26 heavy (non-hydrogen) atoms. The lowest BCUT2D eigenvalue weighted by atomic mass is 10.1. The first kappa shape index (κ1) is 19.1. The molecule has 0 aliphatic heterocycles. The Bertz CT molecular complexity index is 810. The van der Waals surface area contributed by atoms with Crippen LogP contribution in [0.1, 0.15) is 15.9 Å². The van der Waals surface area contributed by atoms with Gasteiger partial charge in [0, 0.05) is 17.7 Å². The minimum Gasteiger partial charge on any atom is -0.497 e. The molecule has 0 amide bonds. The van der Waals surface area contributed by atoms with Gasteiger partial charge in [-0.2, -0.15) is 0 Å². The first-order valence-corrected chi connectivity index (χ1v) is 7.82. The molecule has 2 rings (SSSR count). The van der Waals surface area contributed by atoms with Gasteiger partial charge in [-0.3, -0.25) is 4.79 Å². The van der Waals surface area contributed by atoms with Crippen molar-refractivity contribution in [1.82, 2.24) is 0 Å². The van der Waals surface area contributed by atoms with Gasteiger partial charge in [0.15, 0.2) is 6.61 Å². The molecule has 0 N–H and O–H groups in total. The maximum atomic E-state index is 12.3. The number of benzene rings is 2. The van der Waals surface area contributed by atoms with Crippen molar-refractivity contribution in [1.29, 1.82) is 0 Å². The summed E-state index contributed by atoms with van der Waals surface area (Å²) in [5.41, 5.74) is 1.05. The molecule has 2 aromatic carbocycles. The van der Waals surface area contributed by atoms with Crippen molar-refractivity contribution in [2.75, 3.05) is 27.9 Å². The fourth-order valence-corrected chi connectivity index (χ4v) is 2.25. The lowest BCUT2D eigenvalue weighted by molar-refractivity contribution is -0.136. The molecule has 0 unspecified atom stereocenters. The fraction of sp³-hybridized carbons (Fsp3) is 0.200. The average molecular weight is 356 g/mol. The van der Waals surface area contributed by atoms with Gasteiger partial charge in [-0.1, -0.05) is 18.2 Å². The zero-order valence-corrected chi connectivity index (χ0v) is 14.9. The third-order valence-electron chi connectivity index (χ3n) is 3.59. The van der Waals surface area contributed by atoms with Crippen LogP contribution in [0.3, 0.4) is 0 Å². The topological polar surface area (TPSA) is 71.1 Å². The summed E-state index contributed by atoms with van der Waals surface area (Å²) in [4.78, 5) is 24.1. The first-order valence-electron chi connectivity index (χ1n) is 7.82. The second-order valence-corrected chi connectivity index (χ2v) is 5.17. The number of hydrogen-bond donors (Lipinski definition) is 0. The summed E-state index contributed by atoms with van der Waals surface area (Å²) in [7, 11) is 4.52. The second kappa shape index (κ2) is 9.27. The number of Topliss-reactive ketones (excluding diaryl/α,β-unsaturated/α-hetero) is 1. The molecule has 0 aromatic heterocycles. The summed E-state index contributed by atoms with van der Waals surface area (Å²) in [5, 5.41) is 0. The molecule has 2 aromatic rings. The average Bonchev–Trinajstić information content (AvgIpc) is 2.69. The van der Waals surface area contributed by atoms with Crippen LogP contribution in [-0.4, -0.2) is 39.7 Å². The Morgan fingerprint density at radius 2 is 1.65 bits per heavy atom. The molecule has 0 fully saturated rings. The summed E-state index contributed by atoms with van der Waals surface area (Å²) < 4.78 is 20.5. The van der Waals surface area contributed by atoms with Crippen LogP contribution >= 0.6 is 0 Å². The molecule has 0 aliphatic carbocycles. The van der Waals surface area contributed by atoms with Crippen molar-refractivity contribution in [3.63, 3.8) is 0 Å². The van der Waals surface area contributed by atoms with E-state index in [1.807, 2.05) is 12.1 Å². The van der Waals surface area contributed by atoms with Gasteiger partial charge in [-0.05, 0) is 24.3 Å². The summed E-state index contributed by atoms with van der Waals surface area (Å²) in [6.07, 6.45) is 2.82. The normalized spacial score (nSPS) is 10.4. The third-order valence-corrected chi connectivity index (χ3v) is 3.59. The number of esters is 1. The van der Waals surface area contributed by atoms with Crippen molar-refractivity contribution in [2.45, 2.75) is 0 Å². The number of rotatable bonds is 8. The number of methoxy groups -OCH3 is 3. The Labute approximate surface area is 151 Å². The minimum absolute atomic E-state index is 0.315.